The standard InChI is InChI=1S/C17H16N2OS/c1-2-19-16(20)14-10-6-7-11-15(14)21-17(19)18-12-13-8-4-3-5-9-13/h3-11H,2,12H2,1H3. The minimum Gasteiger partial charge on any atom is -0.285 e. The van der Waals surface area contributed by atoms with Gasteiger partial charge in [-0.2, -0.15) is 0 Å². The number of nitrogens with zero attached hydrogens (tertiary/aromatic N) is 2. The monoisotopic (exact) mass is 296 g/mol. The molecule has 0 aliphatic carbocycles. The van der Waals surface area contributed by atoms with Crippen molar-refractivity contribution in [2.75, 3.05) is 0 Å². The molecule has 0 fully saturated rings. The first-order valence-electron chi connectivity index (χ1n) is 6.96. The van der Waals surface area contributed by atoms with Gasteiger partial charge in [-0.25, -0.2) is 0 Å². The molecule has 3 rings (SSSR count). The van der Waals surface area contributed by atoms with Crippen molar-refractivity contribution in [3.05, 3.63) is 75.3 Å². The Morgan fingerprint density at radius 3 is 2.52 bits per heavy atom. The summed E-state index contributed by atoms with van der Waals surface area (Å²) in [6, 6.07) is 17.8. The molecular formula is C17H16N2OS. The summed E-state index contributed by atoms with van der Waals surface area (Å²) in [5.74, 6) is 0. The second kappa shape index (κ2) is 6.06. The molecular weight excluding hydrogens is 280 g/mol. The molecule has 0 unspecified atom stereocenters. The van der Waals surface area contributed by atoms with E-state index in [1.54, 1.807) is 15.9 Å². The van der Waals surface area contributed by atoms with Crippen molar-refractivity contribution in [3.63, 3.8) is 0 Å². The molecule has 3 aromatic rings. The Balaban J connectivity index is 2.15. The molecule has 0 bridgehead atoms. The van der Waals surface area contributed by atoms with Gasteiger partial charge in [-0.15, -0.1) is 0 Å². The van der Waals surface area contributed by atoms with E-state index in [-0.39, 0.29) is 5.56 Å². The maximum atomic E-state index is 12.5. The number of hydrogen-bond donors (Lipinski definition) is 0. The van der Waals surface area contributed by atoms with E-state index in [9.17, 15) is 4.79 Å². The molecule has 3 nitrogen and oxygen atoms in total. The fourth-order valence-electron chi connectivity index (χ4n) is 2.26. The first-order valence-corrected chi connectivity index (χ1v) is 7.78. The van der Waals surface area contributed by atoms with Crippen molar-refractivity contribution in [1.29, 1.82) is 0 Å². The van der Waals surface area contributed by atoms with Crippen LogP contribution < -0.4 is 10.4 Å². The van der Waals surface area contributed by atoms with Crippen LogP contribution in [0.2, 0.25) is 0 Å². The molecule has 4 heteroatoms. The molecule has 0 aliphatic heterocycles. The number of benzene rings is 2. The third kappa shape index (κ3) is 2.81. The molecule has 0 amide bonds. The smallest absolute Gasteiger partial charge is 0.261 e. The fraction of sp³-hybridized carbons (Fsp3) is 0.176. The van der Waals surface area contributed by atoms with E-state index in [4.69, 9.17) is 0 Å². The van der Waals surface area contributed by atoms with Gasteiger partial charge in [0.25, 0.3) is 5.56 Å². The van der Waals surface area contributed by atoms with Crippen LogP contribution in [0.15, 0.2) is 64.4 Å². The van der Waals surface area contributed by atoms with Crippen LogP contribution in [-0.2, 0) is 13.1 Å². The summed E-state index contributed by atoms with van der Waals surface area (Å²) in [4.78, 5) is 17.9. The lowest BCUT2D eigenvalue weighted by molar-refractivity contribution is 0.697. The zero-order chi connectivity index (χ0) is 14.7. The van der Waals surface area contributed by atoms with E-state index in [0.29, 0.717) is 13.1 Å². The average Bonchev–Trinajstić information content (AvgIpc) is 2.54. The maximum Gasteiger partial charge on any atom is 0.261 e. The molecule has 2 aromatic carbocycles. The summed E-state index contributed by atoms with van der Waals surface area (Å²) in [6.45, 7) is 3.20. The van der Waals surface area contributed by atoms with Crippen LogP contribution in [0.1, 0.15) is 12.5 Å². The molecule has 0 spiro atoms. The largest absolute Gasteiger partial charge is 0.285 e. The molecule has 21 heavy (non-hydrogen) atoms. The molecule has 0 aliphatic rings. The van der Waals surface area contributed by atoms with E-state index in [1.165, 1.54) is 0 Å². The Labute approximate surface area is 126 Å². The highest BCUT2D eigenvalue weighted by molar-refractivity contribution is 7.15. The number of rotatable bonds is 3. The highest BCUT2D eigenvalue weighted by Crippen LogP contribution is 2.11. The van der Waals surface area contributed by atoms with Crippen molar-refractivity contribution >= 4 is 21.4 Å². The van der Waals surface area contributed by atoms with Crippen LogP contribution in [0.25, 0.3) is 10.1 Å². The molecule has 1 heterocycles. The molecule has 0 saturated carbocycles. The predicted molar refractivity (Wildman–Crippen MR) is 87.5 cm³/mol. The first kappa shape index (κ1) is 13.8. The average molecular weight is 296 g/mol. The minimum absolute atomic E-state index is 0.0404. The van der Waals surface area contributed by atoms with E-state index in [1.807, 2.05) is 61.5 Å². The fourth-order valence-corrected chi connectivity index (χ4v) is 3.32. The van der Waals surface area contributed by atoms with E-state index < -0.39 is 0 Å². The van der Waals surface area contributed by atoms with Gasteiger partial charge in [0.1, 0.15) is 0 Å². The van der Waals surface area contributed by atoms with E-state index in [2.05, 4.69) is 4.99 Å². The second-order valence-corrected chi connectivity index (χ2v) is 5.74. The van der Waals surface area contributed by atoms with E-state index >= 15 is 0 Å². The van der Waals surface area contributed by atoms with Crippen molar-refractivity contribution in [1.82, 2.24) is 4.57 Å². The number of aromatic nitrogens is 1. The molecule has 0 N–H and O–H groups in total. The predicted octanol–water partition coefficient (Wildman–Crippen LogP) is 3.18. The van der Waals surface area contributed by atoms with Gasteiger partial charge in [-0.1, -0.05) is 53.8 Å². The molecule has 1 aromatic heterocycles. The quantitative estimate of drug-likeness (QED) is 0.731. The Morgan fingerprint density at radius 1 is 1.05 bits per heavy atom. The van der Waals surface area contributed by atoms with Crippen molar-refractivity contribution < 1.29 is 0 Å². The Hall–Kier alpha value is -2.20. The van der Waals surface area contributed by atoms with Crippen molar-refractivity contribution in [2.45, 2.75) is 20.0 Å². The highest BCUT2D eigenvalue weighted by atomic mass is 32.1. The van der Waals surface area contributed by atoms with Gasteiger partial charge in [0.05, 0.1) is 11.9 Å². The van der Waals surface area contributed by atoms with Crippen molar-refractivity contribution in [2.24, 2.45) is 4.99 Å². The van der Waals surface area contributed by atoms with Crippen LogP contribution in [-0.4, -0.2) is 4.57 Å². The Bertz CT molecular complexity index is 878. The zero-order valence-corrected chi connectivity index (χ0v) is 12.6. The van der Waals surface area contributed by atoms with Gasteiger partial charge in [-0.05, 0) is 24.6 Å². The van der Waals surface area contributed by atoms with Gasteiger partial charge in [0, 0.05) is 11.2 Å². The van der Waals surface area contributed by atoms with Gasteiger partial charge < -0.3 is 0 Å². The maximum absolute atomic E-state index is 12.5. The minimum atomic E-state index is 0.0404. The topological polar surface area (TPSA) is 34.4 Å². The third-order valence-corrected chi connectivity index (χ3v) is 4.46. The van der Waals surface area contributed by atoms with Gasteiger partial charge in [0.2, 0.25) is 0 Å². The summed E-state index contributed by atoms with van der Waals surface area (Å²) in [6.07, 6.45) is 0. The van der Waals surface area contributed by atoms with Crippen LogP contribution in [0, 0.1) is 0 Å². The van der Waals surface area contributed by atoms with Crippen molar-refractivity contribution in [3.8, 4) is 0 Å². The first-order chi connectivity index (χ1) is 10.3. The van der Waals surface area contributed by atoms with Gasteiger partial charge in [-0.3, -0.25) is 14.4 Å². The summed E-state index contributed by atoms with van der Waals surface area (Å²) in [5, 5.41) is 0.767. The Morgan fingerprint density at radius 2 is 1.76 bits per heavy atom. The van der Waals surface area contributed by atoms with Crippen LogP contribution in [0.3, 0.4) is 0 Å². The summed E-state index contributed by atoms with van der Waals surface area (Å²) in [5.41, 5.74) is 1.19. The molecule has 0 radical (unpaired) electrons. The lowest BCUT2D eigenvalue weighted by Crippen LogP contribution is -2.31. The molecule has 0 atom stereocenters. The van der Waals surface area contributed by atoms with Gasteiger partial charge >= 0.3 is 0 Å². The highest BCUT2D eigenvalue weighted by Gasteiger charge is 2.04. The third-order valence-electron chi connectivity index (χ3n) is 3.35. The SMILES string of the molecule is CCn1c(=NCc2ccccc2)sc2ccccc2c1=O. The zero-order valence-electron chi connectivity index (χ0n) is 11.8. The molecule has 106 valence electrons. The number of hydrogen-bond acceptors (Lipinski definition) is 3. The lowest BCUT2D eigenvalue weighted by Gasteiger charge is -2.05. The lowest BCUT2D eigenvalue weighted by atomic mass is 10.2. The van der Waals surface area contributed by atoms with Crippen LogP contribution in [0.4, 0.5) is 0 Å². The molecule has 0 saturated heterocycles. The van der Waals surface area contributed by atoms with Crippen LogP contribution >= 0.6 is 11.3 Å². The van der Waals surface area contributed by atoms with Crippen LogP contribution in [0.5, 0.6) is 0 Å². The normalized spacial score (nSPS) is 12.0. The number of fused-ring (bicyclic) bond motifs is 1. The summed E-state index contributed by atoms with van der Waals surface area (Å²) >= 11 is 1.57. The summed E-state index contributed by atoms with van der Waals surface area (Å²) in [7, 11) is 0. The second-order valence-electron chi connectivity index (χ2n) is 4.73. The van der Waals surface area contributed by atoms with E-state index in [0.717, 1.165) is 20.5 Å². The summed E-state index contributed by atoms with van der Waals surface area (Å²) < 4.78 is 2.73. The Kier molecular flexibility index (Phi) is 3.97. The van der Waals surface area contributed by atoms with Gasteiger partial charge in [0.15, 0.2) is 4.80 Å².